The van der Waals surface area contributed by atoms with Gasteiger partial charge in [-0.05, 0) is 30.5 Å². The van der Waals surface area contributed by atoms with Crippen molar-refractivity contribution in [2.45, 2.75) is 46.1 Å². The number of H-pyrrole nitrogens is 1. The lowest BCUT2D eigenvalue weighted by atomic mass is 9.99. The molecule has 5 heteroatoms. The Morgan fingerprint density at radius 1 is 1.38 bits per heavy atom. The number of aromatic nitrogens is 2. The smallest absolute Gasteiger partial charge is 0.335 e. The molecule has 0 aliphatic carbocycles. The zero-order valence-electron chi connectivity index (χ0n) is 12.6. The highest BCUT2D eigenvalue weighted by Crippen LogP contribution is 2.18. The molecule has 0 fully saturated rings. The van der Waals surface area contributed by atoms with Crippen LogP contribution in [0.4, 0.5) is 0 Å². The molecule has 2 rings (SSSR count). The van der Waals surface area contributed by atoms with E-state index >= 15 is 0 Å². The Kier molecular flexibility index (Phi) is 4.83. The molecule has 114 valence electrons. The molecule has 0 saturated heterocycles. The van der Waals surface area contributed by atoms with E-state index in [0.717, 1.165) is 24.8 Å². The van der Waals surface area contributed by atoms with E-state index in [9.17, 15) is 9.59 Å². The zero-order valence-corrected chi connectivity index (χ0v) is 12.6. The van der Waals surface area contributed by atoms with Gasteiger partial charge in [0.15, 0.2) is 0 Å². The quantitative estimate of drug-likeness (QED) is 0.822. The fourth-order valence-electron chi connectivity index (χ4n) is 2.65. The van der Waals surface area contributed by atoms with Crippen molar-refractivity contribution < 1.29 is 9.90 Å². The van der Waals surface area contributed by atoms with E-state index in [-0.39, 0.29) is 11.3 Å². The third kappa shape index (κ3) is 3.35. The van der Waals surface area contributed by atoms with Crippen LogP contribution >= 0.6 is 0 Å². The maximum absolute atomic E-state index is 12.1. The lowest BCUT2D eigenvalue weighted by Crippen LogP contribution is -2.21. The molecule has 0 aliphatic heterocycles. The third-order valence-electron chi connectivity index (χ3n) is 4.01. The van der Waals surface area contributed by atoms with Crippen molar-refractivity contribution in [3.05, 3.63) is 34.2 Å². The molecule has 0 amide bonds. The average molecular weight is 290 g/mol. The summed E-state index contributed by atoms with van der Waals surface area (Å²) in [5.41, 5.74) is 1.39. The van der Waals surface area contributed by atoms with Crippen LogP contribution in [-0.4, -0.2) is 20.6 Å². The van der Waals surface area contributed by atoms with Crippen LogP contribution in [0.1, 0.15) is 49.9 Å². The largest absolute Gasteiger partial charge is 0.478 e. The zero-order chi connectivity index (χ0) is 15.4. The first-order chi connectivity index (χ1) is 10.1. The Labute approximate surface area is 123 Å². The van der Waals surface area contributed by atoms with Crippen molar-refractivity contribution in [1.82, 2.24) is 9.55 Å². The molecule has 2 aromatic rings. The molecule has 0 aliphatic rings. The van der Waals surface area contributed by atoms with Crippen LogP contribution in [0.25, 0.3) is 11.0 Å². The van der Waals surface area contributed by atoms with Gasteiger partial charge in [-0.2, -0.15) is 0 Å². The van der Waals surface area contributed by atoms with E-state index < -0.39 is 5.97 Å². The fraction of sp³-hybridized carbons (Fsp3) is 0.500. The Hall–Kier alpha value is -2.04. The van der Waals surface area contributed by atoms with Crippen molar-refractivity contribution in [3.8, 4) is 0 Å². The van der Waals surface area contributed by atoms with E-state index in [1.165, 1.54) is 12.5 Å². The van der Waals surface area contributed by atoms with Gasteiger partial charge in [-0.1, -0.05) is 33.1 Å². The topological polar surface area (TPSA) is 75.1 Å². The predicted octanol–water partition coefficient (Wildman–Crippen LogP) is 3.24. The number of unbranched alkanes of at least 4 members (excludes halogenated alkanes) is 1. The Morgan fingerprint density at radius 2 is 2.14 bits per heavy atom. The fourth-order valence-corrected chi connectivity index (χ4v) is 2.65. The van der Waals surface area contributed by atoms with E-state index in [4.69, 9.17) is 5.11 Å². The molecule has 1 aromatic carbocycles. The number of nitrogens with one attached hydrogen (secondary N) is 1. The van der Waals surface area contributed by atoms with E-state index in [2.05, 4.69) is 18.8 Å². The molecule has 1 atom stereocenters. The number of imidazole rings is 1. The predicted molar refractivity (Wildman–Crippen MR) is 82.8 cm³/mol. The summed E-state index contributed by atoms with van der Waals surface area (Å²) < 4.78 is 1.73. The number of carboxylic acid groups (broad SMARTS) is 1. The number of hydrogen-bond acceptors (Lipinski definition) is 2. The van der Waals surface area contributed by atoms with Gasteiger partial charge >= 0.3 is 11.7 Å². The van der Waals surface area contributed by atoms with Crippen LogP contribution in [0.15, 0.2) is 23.0 Å². The maximum atomic E-state index is 12.1. The molecule has 0 radical (unpaired) electrons. The highest BCUT2D eigenvalue weighted by molar-refractivity contribution is 5.92. The highest BCUT2D eigenvalue weighted by atomic mass is 16.4. The first kappa shape index (κ1) is 15.4. The van der Waals surface area contributed by atoms with E-state index in [1.807, 2.05) is 0 Å². The van der Waals surface area contributed by atoms with Crippen LogP contribution < -0.4 is 5.69 Å². The lowest BCUT2D eigenvalue weighted by molar-refractivity contribution is 0.0697. The summed E-state index contributed by atoms with van der Waals surface area (Å²) >= 11 is 0. The molecule has 0 bridgehead atoms. The molecular formula is C16H22N2O3. The second kappa shape index (κ2) is 6.61. The first-order valence-electron chi connectivity index (χ1n) is 7.52. The summed E-state index contributed by atoms with van der Waals surface area (Å²) in [6.07, 6.45) is 4.46. The number of hydrogen-bond donors (Lipinski definition) is 2. The van der Waals surface area contributed by atoms with Crippen LogP contribution in [0, 0.1) is 5.92 Å². The monoisotopic (exact) mass is 290 g/mol. The SMILES string of the molecule is CCCCC(CC)Cn1c(=O)[nH]c2cc(C(=O)O)ccc21. The van der Waals surface area contributed by atoms with Gasteiger partial charge in [-0.3, -0.25) is 4.57 Å². The van der Waals surface area contributed by atoms with Gasteiger partial charge in [-0.15, -0.1) is 0 Å². The van der Waals surface area contributed by atoms with Crippen molar-refractivity contribution in [2.24, 2.45) is 5.92 Å². The molecule has 5 nitrogen and oxygen atoms in total. The number of carboxylic acids is 1. The third-order valence-corrected chi connectivity index (χ3v) is 4.01. The molecular weight excluding hydrogens is 268 g/mol. The average Bonchev–Trinajstić information content (AvgIpc) is 2.78. The van der Waals surface area contributed by atoms with Gasteiger partial charge < -0.3 is 10.1 Å². The maximum Gasteiger partial charge on any atom is 0.335 e. The molecule has 0 saturated carbocycles. The summed E-state index contributed by atoms with van der Waals surface area (Å²) in [5.74, 6) is -0.513. The Balaban J connectivity index is 2.33. The summed E-state index contributed by atoms with van der Waals surface area (Å²) in [5, 5.41) is 9.00. The highest BCUT2D eigenvalue weighted by Gasteiger charge is 2.13. The molecule has 1 unspecified atom stereocenters. The summed E-state index contributed by atoms with van der Waals surface area (Å²) in [4.78, 5) is 25.8. The molecule has 1 aromatic heterocycles. The number of aromatic carboxylic acids is 1. The van der Waals surface area contributed by atoms with Crippen molar-refractivity contribution >= 4 is 17.0 Å². The number of aromatic amines is 1. The van der Waals surface area contributed by atoms with Crippen LogP contribution in [-0.2, 0) is 6.54 Å². The number of nitrogens with zero attached hydrogens (tertiary/aromatic N) is 1. The summed E-state index contributed by atoms with van der Waals surface area (Å²) in [6, 6.07) is 4.77. The van der Waals surface area contributed by atoms with Gasteiger partial charge in [0.2, 0.25) is 0 Å². The molecule has 1 heterocycles. The molecule has 2 N–H and O–H groups in total. The van der Waals surface area contributed by atoms with Crippen molar-refractivity contribution in [3.63, 3.8) is 0 Å². The minimum Gasteiger partial charge on any atom is -0.478 e. The summed E-state index contributed by atoms with van der Waals surface area (Å²) in [7, 11) is 0. The first-order valence-corrected chi connectivity index (χ1v) is 7.52. The van der Waals surface area contributed by atoms with Crippen LogP contribution in [0.5, 0.6) is 0 Å². The van der Waals surface area contributed by atoms with Gasteiger partial charge in [0.05, 0.1) is 16.6 Å². The van der Waals surface area contributed by atoms with Gasteiger partial charge in [0.25, 0.3) is 0 Å². The number of rotatable bonds is 7. The van der Waals surface area contributed by atoms with E-state index in [0.29, 0.717) is 18.0 Å². The van der Waals surface area contributed by atoms with Crippen molar-refractivity contribution in [2.75, 3.05) is 0 Å². The number of benzene rings is 1. The second-order valence-corrected chi connectivity index (χ2v) is 5.49. The van der Waals surface area contributed by atoms with Crippen LogP contribution in [0.2, 0.25) is 0 Å². The van der Waals surface area contributed by atoms with Gasteiger partial charge in [0, 0.05) is 6.54 Å². The Morgan fingerprint density at radius 3 is 2.76 bits per heavy atom. The van der Waals surface area contributed by atoms with Crippen molar-refractivity contribution in [1.29, 1.82) is 0 Å². The van der Waals surface area contributed by atoms with Crippen LogP contribution in [0.3, 0.4) is 0 Å². The minimum absolute atomic E-state index is 0.164. The lowest BCUT2D eigenvalue weighted by Gasteiger charge is -2.15. The van der Waals surface area contributed by atoms with Gasteiger partial charge in [0.1, 0.15) is 0 Å². The number of fused-ring (bicyclic) bond motifs is 1. The Bertz CT molecular complexity index is 684. The van der Waals surface area contributed by atoms with E-state index in [1.54, 1.807) is 16.7 Å². The standard InChI is InChI=1S/C16H22N2O3/c1-3-5-6-11(4-2)10-18-14-8-7-12(15(19)20)9-13(14)17-16(18)21/h7-9,11H,3-6,10H2,1-2H3,(H,17,21)(H,19,20). The normalized spacial score (nSPS) is 12.7. The summed E-state index contributed by atoms with van der Waals surface area (Å²) in [6.45, 7) is 4.99. The molecule has 21 heavy (non-hydrogen) atoms. The molecule has 0 spiro atoms. The second-order valence-electron chi connectivity index (χ2n) is 5.49. The van der Waals surface area contributed by atoms with Gasteiger partial charge in [-0.25, -0.2) is 9.59 Å². The number of carbonyl (C=O) groups is 1. The minimum atomic E-state index is -0.986.